The third-order valence-corrected chi connectivity index (χ3v) is 2.84. The summed E-state index contributed by atoms with van der Waals surface area (Å²) in [6.45, 7) is 3.10. The van der Waals surface area contributed by atoms with Crippen molar-refractivity contribution >= 4 is 6.08 Å². The summed E-state index contributed by atoms with van der Waals surface area (Å²) >= 11 is 0. The van der Waals surface area contributed by atoms with Gasteiger partial charge in [-0.3, -0.25) is 4.90 Å². The Morgan fingerprint density at radius 1 is 1.24 bits per heavy atom. The Morgan fingerprint density at radius 3 is 2.59 bits per heavy atom. The largest absolute Gasteiger partial charge is 0.379 e. The lowest BCUT2D eigenvalue weighted by Gasteiger charge is -2.28. The predicted octanol–water partition coefficient (Wildman–Crippen LogP) is 1.92. The van der Waals surface area contributed by atoms with E-state index in [1.807, 2.05) is 42.5 Å². The van der Waals surface area contributed by atoms with Crippen molar-refractivity contribution in [3.05, 3.63) is 42.0 Å². The quantitative estimate of drug-likeness (QED) is 0.793. The summed E-state index contributed by atoms with van der Waals surface area (Å²) in [6.07, 6.45) is 3.96. The highest BCUT2D eigenvalue weighted by molar-refractivity contribution is 5.50. The molecular formula is C14H16N2O. The molecule has 0 saturated carbocycles. The number of benzene rings is 1. The molecule has 1 saturated heterocycles. The summed E-state index contributed by atoms with van der Waals surface area (Å²) in [4.78, 5) is 2.14. The lowest BCUT2D eigenvalue weighted by molar-refractivity contribution is 0.0342. The molecule has 88 valence electrons. The van der Waals surface area contributed by atoms with E-state index >= 15 is 0 Å². The van der Waals surface area contributed by atoms with Crippen molar-refractivity contribution < 1.29 is 4.74 Å². The van der Waals surface area contributed by atoms with Crippen molar-refractivity contribution in [2.24, 2.45) is 0 Å². The molecule has 1 aromatic rings. The van der Waals surface area contributed by atoms with E-state index in [0.717, 1.165) is 31.9 Å². The Balaban J connectivity index is 2.00. The highest BCUT2D eigenvalue weighted by Gasteiger charge is 2.17. The molecule has 0 bridgehead atoms. The summed E-state index contributed by atoms with van der Waals surface area (Å²) in [5.41, 5.74) is 1.13. The minimum absolute atomic E-state index is 0.154. The van der Waals surface area contributed by atoms with Crippen LogP contribution in [0.25, 0.3) is 6.08 Å². The third kappa shape index (κ3) is 3.42. The zero-order valence-electron chi connectivity index (χ0n) is 9.75. The molecule has 1 atom stereocenters. The van der Waals surface area contributed by atoms with Crippen LogP contribution in [0.2, 0.25) is 0 Å². The van der Waals surface area contributed by atoms with Gasteiger partial charge in [-0.1, -0.05) is 42.5 Å². The monoisotopic (exact) mass is 228 g/mol. The SMILES string of the molecule is N#C[C@@H](/C=C/c1ccccc1)N1CCOCC1. The third-order valence-electron chi connectivity index (χ3n) is 2.84. The van der Waals surface area contributed by atoms with Crippen molar-refractivity contribution in [3.8, 4) is 6.07 Å². The van der Waals surface area contributed by atoms with Gasteiger partial charge >= 0.3 is 0 Å². The normalized spacial score (nSPS) is 19.0. The maximum absolute atomic E-state index is 9.17. The molecule has 0 unspecified atom stereocenters. The van der Waals surface area contributed by atoms with Gasteiger partial charge in [-0.15, -0.1) is 0 Å². The molecule has 17 heavy (non-hydrogen) atoms. The fourth-order valence-electron chi connectivity index (χ4n) is 1.87. The topological polar surface area (TPSA) is 36.3 Å². The number of nitrogens with zero attached hydrogens (tertiary/aromatic N) is 2. The molecular weight excluding hydrogens is 212 g/mol. The average molecular weight is 228 g/mol. The van der Waals surface area contributed by atoms with Gasteiger partial charge in [0.25, 0.3) is 0 Å². The highest BCUT2D eigenvalue weighted by Crippen LogP contribution is 2.08. The number of morpholine rings is 1. The van der Waals surface area contributed by atoms with Gasteiger partial charge in [-0.2, -0.15) is 5.26 Å². The molecule has 2 rings (SSSR count). The Hall–Kier alpha value is -1.63. The molecule has 0 aromatic heterocycles. The van der Waals surface area contributed by atoms with Gasteiger partial charge in [0.15, 0.2) is 0 Å². The molecule has 1 aliphatic heterocycles. The zero-order chi connectivity index (χ0) is 11.9. The fourth-order valence-corrected chi connectivity index (χ4v) is 1.87. The van der Waals surface area contributed by atoms with Gasteiger partial charge in [0.2, 0.25) is 0 Å². The van der Waals surface area contributed by atoms with E-state index in [1.54, 1.807) is 0 Å². The van der Waals surface area contributed by atoms with Gasteiger partial charge in [-0.05, 0) is 5.56 Å². The Morgan fingerprint density at radius 2 is 1.94 bits per heavy atom. The molecule has 0 spiro atoms. The first kappa shape index (κ1) is 11.8. The van der Waals surface area contributed by atoms with Crippen molar-refractivity contribution in [1.29, 1.82) is 5.26 Å². The molecule has 3 nitrogen and oxygen atoms in total. The van der Waals surface area contributed by atoms with Crippen molar-refractivity contribution in [2.45, 2.75) is 6.04 Å². The molecule has 0 N–H and O–H groups in total. The number of rotatable bonds is 3. The molecule has 0 radical (unpaired) electrons. The Kier molecular flexibility index (Phi) is 4.31. The Labute approximate surface area is 102 Å². The lowest BCUT2D eigenvalue weighted by Crippen LogP contribution is -2.41. The molecule has 1 heterocycles. The molecule has 0 amide bonds. The first-order valence-corrected chi connectivity index (χ1v) is 5.85. The molecule has 1 fully saturated rings. The van der Waals surface area contributed by atoms with Crippen LogP contribution in [0.5, 0.6) is 0 Å². The summed E-state index contributed by atoms with van der Waals surface area (Å²) in [6, 6.07) is 12.2. The average Bonchev–Trinajstić information content (AvgIpc) is 2.42. The van der Waals surface area contributed by atoms with Crippen LogP contribution in [-0.4, -0.2) is 37.2 Å². The number of hydrogen-bond donors (Lipinski definition) is 0. The molecule has 1 aliphatic rings. The van der Waals surface area contributed by atoms with Crippen molar-refractivity contribution in [2.75, 3.05) is 26.3 Å². The second-order valence-electron chi connectivity index (χ2n) is 3.99. The van der Waals surface area contributed by atoms with E-state index in [4.69, 9.17) is 4.74 Å². The van der Waals surface area contributed by atoms with Crippen LogP contribution in [0.3, 0.4) is 0 Å². The molecule has 3 heteroatoms. The summed E-state index contributed by atoms with van der Waals surface area (Å²) in [5, 5.41) is 9.17. The second-order valence-corrected chi connectivity index (χ2v) is 3.99. The summed E-state index contributed by atoms with van der Waals surface area (Å²) < 4.78 is 5.28. The predicted molar refractivity (Wildman–Crippen MR) is 67.3 cm³/mol. The van der Waals surface area contributed by atoms with Crippen LogP contribution in [0.4, 0.5) is 0 Å². The molecule has 1 aromatic carbocycles. The lowest BCUT2D eigenvalue weighted by atomic mass is 10.1. The van der Waals surface area contributed by atoms with E-state index in [0.29, 0.717) is 0 Å². The van der Waals surface area contributed by atoms with Crippen LogP contribution < -0.4 is 0 Å². The van der Waals surface area contributed by atoms with Crippen molar-refractivity contribution in [1.82, 2.24) is 4.90 Å². The smallest absolute Gasteiger partial charge is 0.117 e. The summed E-state index contributed by atoms with van der Waals surface area (Å²) in [7, 11) is 0. The Bertz CT molecular complexity index is 402. The minimum atomic E-state index is -0.154. The van der Waals surface area contributed by atoms with Crippen LogP contribution in [0.1, 0.15) is 5.56 Å². The minimum Gasteiger partial charge on any atom is -0.379 e. The van der Waals surface area contributed by atoms with Crippen molar-refractivity contribution in [3.63, 3.8) is 0 Å². The first-order valence-electron chi connectivity index (χ1n) is 5.85. The van der Waals surface area contributed by atoms with Gasteiger partial charge < -0.3 is 4.74 Å². The number of ether oxygens (including phenoxy) is 1. The van der Waals surface area contributed by atoms with Crippen LogP contribution in [0, 0.1) is 11.3 Å². The maximum Gasteiger partial charge on any atom is 0.117 e. The van der Waals surface area contributed by atoms with Gasteiger partial charge in [0.05, 0.1) is 19.3 Å². The van der Waals surface area contributed by atoms with Crippen LogP contribution >= 0.6 is 0 Å². The van der Waals surface area contributed by atoms with Gasteiger partial charge in [0, 0.05) is 13.1 Å². The van der Waals surface area contributed by atoms with E-state index in [9.17, 15) is 5.26 Å². The zero-order valence-corrected chi connectivity index (χ0v) is 9.75. The van der Waals surface area contributed by atoms with Gasteiger partial charge in [0.1, 0.15) is 6.04 Å². The second kappa shape index (κ2) is 6.19. The standard InChI is InChI=1S/C14H16N2O/c15-12-14(16-8-10-17-11-9-16)7-6-13-4-2-1-3-5-13/h1-7,14H,8-11H2/b7-6+/t14-/m1/s1. The highest BCUT2D eigenvalue weighted by atomic mass is 16.5. The van der Waals surface area contributed by atoms with E-state index in [1.165, 1.54) is 0 Å². The first-order chi connectivity index (χ1) is 8.40. The number of hydrogen-bond acceptors (Lipinski definition) is 3. The van der Waals surface area contributed by atoms with Crippen LogP contribution in [-0.2, 0) is 4.74 Å². The van der Waals surface area contributed by atoms with E-state index in [2.05, 4.69) is 11.0 Å². The van der Waals surface area contributed by atoms with E-state index < -0.39 is 0 Å². The van der Waals surface area contributed by atoms with Crippen LogP contribution in [0.15, 0.2) is 36.4 Å². The maximum atomic E-state index is 9.17. The van der Waals surface area contributed by atoms with Gasteiger partial charge in [-0.25, -0.2) is 0 Å². The fraction of sp³-hybridized carbons (Fsp3) is 0.357. The van der Waals surface area contributed by atoms with E-state index in [-0.39, 0.29) is 6.04 Å². The molecule has 0 aliphatic carbocycles. The summed E-state index contributed by atoms with van der Waals surface area (Å²) in [5.74, 6) is 0. The number of nitriles is 1.